The van der Waals surface area contributed by atoms with E-state index < -0.39 is 41.4 Å². The summed E-state index contributed by atoms with van der Waals surface area (Å²) in [4.78, 5) is 26.4. The largest absolute Gasteiger partial charge is 0.463 e. The summed E-state index contributed by atoms with van der Waals surface area (Å²) in [6.07, 6.45) is -0.444. The number of esters is 2. The Kier molecular flexibility index (Phi) is 9.07. The highest BCUT2D eigenvalue weighted by Gasteiger charge is 2.54. The highest BCUT2D eigenvalue weighted by atomic mass is 35.5. The third-order valence-corrected chi connectivity index (χ3v) is 5.51. The highest BCUT2D eigenvalue weighted by molar-refractivity contribution is 6.31. The fourth-order valence-corrected chi connectivity index (χ4v) is 4.25. The summed E-state index contributed by atoms with van der Waals surface area (Å²) in [7, 11) is 1.52. The van der Waals surface area contributed by atoms with E-state index >= 15 is 4.39 Å². The number of carbonyl (C=O) groups excluding carboxylic acids is 2. The van der Waals surface area contributed by atoms with Crippen LogP contribution in [-0.4, -0.2) is 50.7 Å². The molecule has 7 nitrogen and oxygen atoms in total. The lowest BCUT2D eigenvalue weighted by Crippen LogP contribution is -2.60. The summed E-state index contributed by atoms with van der Waals surface area (Å²) < 4.78 is 37.0. The zero-order chi connectivity index (χ0) is 24.1. The third-order valence-electron chi connectivity index (χ3n) is 5.18. The molecule has 178 valence electrons. The fraction of sp³-hybridized carbons (Fsp3) is 0.565. The van der Waals surface area contributed by atoms with E-state index in [1.54, 1.807) is 34.6 Å². The first-order valence-electron chi connectivity index (χ1n) is 10.5. The van der Waals surface area contributed by atoms with Crippen LogP contribution in [0.15, 0.2) is 29.5 Å². The van der Waals surface area contributed by atoms with Crippen molar-refractivity contribution >= 4 is 23.5 Å². The predicted molar refractivity (Wildman–Crippen MR) is 118 cm³/mol. The molecule has 0 fully saturated rings. The van der Waals surface area contributed by atoms with Crippen LogP contribution >= 0.6 is 11.6 Å². The van der Waals surface area contributed by atoms with Gasteiger partial charge >= 0.3 is 11.9 Å². The second-order valence-electron chi connectivity index (χ2n) is 7.91. The molecule has 0 spiro atoms. The predicted octanol–water partition coefficient (Wildman–Crippen LogP) is 3.95. The van der Waals surface area contributed by atoms with Gasteiger partial charge in [0.15, 0.2) is 0 Å². The molecule has 0 aromatic heterocycles. The molecule has 32 heavy (non-hydrogen) atoms. The minimum Gasteiger partial charge on any atom is -0.463 e. The normalized spacial score (nSPS) is 23.2. The van der Waals surface area contributed by atoms with Crippen molar-refractivity contribution in [3.63, 3.8) is 0 Å². The first kappa shape index (κ1) is 26.1. The lowest BCUT2D eigenvalue weighted by Gasteiger charge is -2.46. The standard InChI is InChI=1S/C23H31ClFNO6/c1-7-30-21(27)17-14(4)26-23(5,31-12-11-29-6)20(22(28)32-13(2)3)19(17)18-15(24)9-8-10-16(18)25/h8-10,13,19-20,26H,7,11-12H2,1-6H3. The number of halogens is 2. The maximum absolute atomic E-state index is 15.1. The molecule has 3 atom stereocenters. The van der Waals surface area contributed by atoms with Gasteiger partial charge in [-0.1, -0.05) is 17.7 Å². The smallest absolute Gasteiger partial charge is 0.336 e. The van der Waals surface area contributed by atoms with Gasteiger partial charge in [0.2, 0.25) is 0 Å². The van der Waals surface area contributed by atoms with Gasteiger partial charge < -0.3 is 24.3 Å². The summed E-state index contributed by atoms with van der Waals surface area (Å²) in [5.41, 5.74) is -0.857. The highest BCUT2D eigenvalue weighted by Crippen LogP contribution is 2.47. The Morgan fingerprint density at radius 2 is 1.97 bits per heavy atom. The number of benzene rings is 1. The first-order chi connectivity index (χ1) is 15.1. The maximum atomic E-state index is 15.1. The number of hydrogen-bond acceptors (Lipinski definition) is 7. The molecule has 9 heteroatoms. The van der Waals surface area contributed by atoms with Gasteiger partial charge in [0.05, 0.1) is 31.5 Å². The van der Waals surface area contributed by atoms with E-state index in [-0.39, 0.29) is 36.0 Å². The van der Waals surface area contributed by atoms with Crippen molar-refractivity contribution in [3.8, 4) is 0 Å². The average Bonchev–Trinajstić information content (AvgIpc) is 2.67. The van der Waals surface area contributed by atoms with E-state index in [2.05, 4.69) is 5.32 Å². The molecule has 2 rings (SSSR count). The van der Waals surface area contributed by atoms with E-state index in [4.69, 9.17) is 30.5 Å². The molecule has 0 saturated carbocycles. The van der Waals surface area contributed by atoms with Crippen LogP contribution < -0.4 is 5.32 Å². The number of carbonyl (C=O) groups is 2. The fourth-order valence-electron chi connectivity index (χ4n) is 3.97. The molecular weight excluding hydrogens is 441 g/mol. The number of rotatable bonds is 9. The molecule has 0 aliphatic carbocycles. The Morgan fingerprint density at radius 3 is 2.53 bits per heavy atom. The summed E-state index contributed by atoms with van der Waals surface area (Å²) >= 11 is 6.41. The lowest BCUT2D eigenvalue weighted by atomic mass is 9.71. The quantitative estimate of drug-likeness (QED) is 0.431. The zero-order valence-corrected chi connectivity index (χ0v) is 20.0. The first-order valence-corrected chi connectivity index (χ1v) is 10.9. The summed E-state index contributed by atoms with van der Waals surface area (Å²) in [5.74, 6) is -4.25. The number of nitrogens with one attached hydrogen (secondary N) is 1. The second kappa shape index (κ2) is 11.1. The molecule has 0 saturated heterocycles. The minimum absolute atomic E-state index is 0.00495. The molecule has 0 amide bonds. The van der Waals surface area contributed by atoms with E-state index in [9.17, 15) is 9.59 Å². The van der Waals surface area contributed by atoms with Crippen LogP contribution in [0.5, 0.6) is 0 Å². The molecule has 1 heterocycles. The van der Waals surface area contributed by atoms with E-state index in [0.717, 1.165) is 0 Å². The van der Waals surface area contributed by atoms with E-state index in [0.29, 0.717) is 5.70 Å². The van der Waals surface area contributed by atoms with Crippen molar-refractivity contribution in [2.24, 2.45) is 5.92 Å². The van der Waals surface area contributed by atoms with Crippen molar-refractivity contribution in [2.75, 3.05) is 26.9 Å². The topological polar surface area (TPSA) is 83.1 Å². The van der Waals surface area contributed by atoms with Crippen LogP contribution in [0.4, 0.5) is 4.39 Å². The molecule has 3 unspecified atom stereocenters. The Labute approximate surface area is 193 Å². The molecule has 0 bridgehead atoms. The van der Waals surface area contributed by atoms with E-state index in [1.165, 1.54) is 25.3 Å². The maximum Gasteiger partial charge on any atom is 0.336 e. The van der Waals surface area contributed by atoms with Crippen LogP contribution in [0.2, 0.25) is 5.02 Å². The van der Waals surface area contributed by atoms with Gasteiger partial charge in [-0.3, -0.25) is 4.79 Å². The molecule has 1 aromatic rings. The van der Waals surface area contributed by atoms with E-state index in [1.807, 2.05) is 0 Å². The van der Waals surface area contributed by atoms with Gasteiger partial charge in [-0.25, -0.2) is 9.18 Å². The van der Waals surface area contributed by atoms with Gasteiger partial charge in [-0.05, 0) is 46.8 Å². The molecule has 1 aliphatic heterocycles. The van der Waals surface area contributed by atoms with Crippen molar-refractivity contribution in [2.45, 2.75) is 52.4 Å². The summed E-state index contributed by atoms with van der Waals surface area (Å²) in [6, 6.07) is 4.20. The molecule has 1 aliphatic rings. The molecule has 0 radical (unpaired) electrons. The SMILES string of the molecule is CCOC(=O)C1=C(C)NC(C)(OCCOC)C(C(=O)OC(C)C)C1c1c(F)cccc1Cl. The van der Waals surface area contributed by atoms with Crippen LogP contribution in [0, 0.1) is 11.7 Å². The van der Waals surface area contributed by atoms with Crippen molar-refractivity contribution in [3.05, 3.63) is 45.9 Å². The van der Waals surface area contributed by atoms with Gasteiger partial charge in [0.25, 0.3) is 0 Å². The van der Waals surface area contributed by atoms with Gasteiger partial charge in [-0.2, -0.15) is 0 Å². The van der Waals surface area contributed by atoms with Crippen LogP contribution in [0.3, 0.4) is 0 Å². The summed E-state index contributed by atoms with van der Waals surface area (Å²) in [6.45, 7) is 8.89. The Morgan fingerprint density at radius 1 is 1.28 bits per heavy atom. The third kappa shape index (κ3) is 5.60. The average molecular weight is 472 g/mol. The van der Waals surface area contributed by atoms with Crippen LogP contribution in [0.1, 0.15) is 46.1 Å². The van der Waals surface area contributed by atoms with Crippen LogP contribution in [0.25, 0.3) is 0 Å². The monoisotopic (exact) mass is 471 g/mol. The Balaban J connectivity index is 2.78. The zero-order valence-electron chi connectivity index (χ0n) is 19.3. The number of ether oxygens (including phenoxy) is 4. The van der Waals surface area contributed by atoms with Crippen molar-refractivity contribution < 1.29 is 32.9 Å². The van der Waals surface area contributed by atoms with Crippen LogP contribution in [-0.2, 0) is 28.5 Å². The van der Waals surface area contributed by atoms with Crippen molar-refractivity contribution in [1.29, 1.82) is 0 Å². The van der Waals surface area contributed by atoms with Gasteiger partial charge in [0.1, 0.15) is 17.5 Å². The Bertz CT molecular complexity index is 854. The molecule has 1 aromatic carbocycles. The molecule has 1 N–H and O–H groups in total. The lowest BCUT2D eigenvalue weighted by molar-refractivity contribution is -0.175. The number of allylic oxidation sites excluding steroid dienone is 1. The summed E-state index contributed by atoms with van der Waals surface area (Å²) in [5, 5.41) is 3.20. The van der Waals surface area contributed by atoms with Crippen molar-refractivity contribution in [1.82, 2.24) is 5.32 Å². The minimum atomic E-state index is -1.35. The second-order valence-corrected chi connectivity index (χ2v) is 8.32. The number of hydrogen-bond donors (Lipinski definition) is 1. The number of methoxy groups -OCH3 is 1. The molecular formula is C23H31ClFNO6. The Hall–Kier alpha value is -2.16. The van der Waals surface area contributed by atoms with Gasteiger partial charge in [-0.15, -0.1) is 0 Å². The van der Waals surface area contributed by atoms with Gasteiger partial charge in [0, 0.05) is 29.3 Å².